The number of carboxylic acid groups (broad SMARTS) is 1. The van der Waals surface area contributed by atoms with Crippen LogP contribution in [0.15, 0.2) is 22.7 Å². The number of hydrogen-bond acceptors (Lipinski definition) is 2. The van der Waals surface area contributed by atoms with Crippen LogP contribution in [0.3, 0.4) is 0 Å². The van der Waals surface area contributed by atoms with Gasteiger partial charge in [0.1, 0.15) is 5.82 Å². The molecule has 6 heteroatoms. The summed E-state index contributed by atoms with van der Waals surface area (Å²) in [6, 6.07) is 3.93. The van der Waals surface area contributed by atoms with E-state index < -0.39 is 11.8 Å². The predicted octanol–water partition coefficient (Wildman–Crippen LogP) is 2.50. The lowest BCUT2D eigenvalue weighted by Crippen LogP contribution is -2.34. The standard InChI is InChI=1S/C13H15BrFNO3/c1-8(2-5-13(18)19)16-12(17)7-9-6-10(15)3-4-11(9)14/h3-4,6,8H,2,5,7H2,1H3,(H,16,17)(H,18,19). The van der Waals surface area contributed by atoms with Gasteiger partial charge in [-0.1, -0.05) is 15.9 Å². The Morgan fingerprint density at radius 1 is 1.47 bits per heavy atom. The van der Waals surface area contributed by atoms with Crippen molar-refractivity contribution in [2.75, 3.05) is 0 Å². The summed E-state index contributed by atoms with van der Waals surface area (Å²) >= 11 is 3.25. The van der Waals surface area contributed by atoms with E-state index in [0.29, 0.717) is 16.5 Å². The number of benzene rings is 1. The first kappa shape index (κ1) is 15.6. The van der Waals surface area contributed by atoms with Crippen molar-refractivity contribution < 1.29 is 19.1 Å². The second kappa shape index (κ2) is 7.23. The van der Waals surface area contributed by atoms with E-state index in [-0.39, 0.29) is 24.8 Å². The zero-order valence-corrected chi connectivity index (χ0v) is 12.0. The molecule has 0 aromatic heterocycles. The molecule has 2 N–H and O–H groups in total. The molecule has 0 aliphatic carbocycles. The number of hydrogen-bond donors (Lipinski definition) is 2. The van der Waals surface area contributed by atoms with Gasteiger partial charge in [-0.25, -0.2) is 4.39 Å². The highest BCUT2D eigenvalue weighted by Gasteiger charge is 2.11. The number of carbonyl (C=O) groups is 2. The summed E-state index contributed by atoms with van der Waals surface area (Å²) in [4.78, 5) is 22.1. The minimum Gasteiger partial charge on any atom is -0.481 e. The van der Waals surface area contributed by atoms with E-state index in [4.69, 9.17) is 5.11 Å². The molecule has 1 aromatic rings. The third kappa shape index (κ3) is 5.83. The molecule has 104 valence electrons. The summed E-state index contributed by atoms with van der Waals surface area (Å²) in [5, 5.41) is 11.2. The number of rotatable bonds is 6. The van der Waals surface area contributed by atoms with Gasteiger partial charge in [-0.3, -0.25) is 9.59 Å². The molecule has 1 rings (SSSR count). The van der Waals surface area contributed by atoms with Crippen LogP contribution in [0.5, 0.6) is 0 Å². The van der Waals surface area contributed by atoms with Crippen LogP contribution in [0.2, 0.25) is 0 Å². The Bertz CT molecular complexity index is 479. The molecule has 0 heterocycles. The number of carbonyl (C=O) groups excluding carboxylic acids is 1. The molecule has 19 heavy (non-hydrogen) atoms. The Morgan fingerprint density at radius 3 is 2.79 bits per heavy atom. The Labute approximate surface area is 119 Å². The van der Waals surface area contributed by atoms with E-state index in [1.807, 2.05) is 0 Å². The second-order valence-electron chi connectivity index (χ2n) is 4.31. The summed E-state index contributed by atoms with van der Waals surface area (Å²) in [5.74, 6) is -1.55. The molecule has 4 nitrogen and oxygen atoms in total. The Morgan fingerprint density at radius 2 is 2.16 bits per heavy atom. The maximum Gasteiger partial charge on any atom is 0.303 e. The number of carboxylic acids is 1. The van der Waals surface area contributed by atoms with Crippen LogP contribution < -0.4 is 5.32 Å². The van der Waals surface area contributed by atoms with Gasteiger partial charge < -0.3 is 10.4 Å². The van der Waals surface area contributed by atoms with Crippen molar-refractivity contribution in [2.45, 2.75) is 32.2 Å². The maximum atomic E-state index is 13.1. The van der Waals surface area contributed by atoms with Crippen molar-refractivity contribution in [3.8, 4) is 0 Å². The van der Waals surface area contributed by atoms with Gasteiger partial charge in [-0.2, -0.15) is 0 Å². The zero-order valence-electron chi connectivity index (χ0n) is 10.5. The topological polar surface area (TPSA) is 66.4 Å². The molecule has 0 fully saturated rings. The van der Waals surface area contributed by atoms with Crippen LogP contribution in [0.4, 0.5) is 4.39 Å². The van der Waals surface area contributed by atoms with Gasteiger partial charge in [-0.15, -0.1) is 0 Å². The summed E-state index contributed by atoms with van der Waals surface area (Å²) in [6.07, 6.45) is 0.423. The molecule has 0 saturated heterocycles. The van der Waals surface area contributed by atoms with Gasteiger partial charge in [0.2, 0.25) is 5.91 Å². The molecule has 1 atom stereocenters. The van der Waals surface area contributed by atoms with Gasteiger partial charge in [0, 0.05) is 16.9 Å². The maximum absolute atomic E-state index is 13.1. The van der Waals surface area contributed by atoms with Gasteiger partial charge >= 0.3 is 5.97 Å². The summed E-state index contributed by atoms with van der Waals surface area (Å²) in [6.45, 7) is 1.74. The fourth-order valence-corrected chi connectivity index (χ4v) is 1.98. The normalized spacial score (nSPS) is 11.9. The molecule has 0 aliphatic heterocycles. The fourth-order valence-electron chi connectivity index (χ4n) is 1.59. The third-order valence-corrected chi connectivity index (χ3v) is 3.33. The smallest absolute Gasteiger partial charge is 0.303 e. The lowest BCUT2D eigenvalue weighted by Gasteiger charge is -2.13. The molecule has 0 aliphatic rings. The first-order chi connectivity index (χ1) is 8.88. The van der Waals surface area contributed by atoms with E-state index in [1.165, 1.54) is 12.1 Å². The molecule has 1 aromatic carbocycles. The van der Waals surface area contributed by atoms with E-state index in [9.17, 15) is 14.0 Å². The second-order valence-corrected chi connectivity index (χ2v) is 5.17. The highest BCUT2D eigenvalue weighted by Crippen LogP contribution is 2.18. The average Bonchev–Trinajstić information content (AvgIpc) is 2.31. The molecule has 0 bridgehead atoms. The first-order valence-electron chi connectivity index (χ1n) is 5.83. The monoisotopic (exact) mass is 331 g/mol. The van der Waals surface area contributed by atoms with Crippen molar-refractivity contribution in [3.05, 3.63) is 34.1 Å². The Hall–Kier alpha value is -1.43. The largest absolute Gasteiger partial charge is 0.481 e. The Kier molecular flexibility index (Phi) is 5.95. The number of aliphatic carboxylic acids is 1. The third-order valence-electron chi connectivity index (χ3n) is 2.56. The molecule has 0 radical (unpaired) electrons. The van der Waals surface area contributed by atoms with Crippen LogP contribution in [0.25, 0.3) is 0 Å². The number of nitrogens with one attached hydrogen (secondary N) is 1. The van der Waals surface area contributed by atoms with Crippen molar-refractivity contribution in [3.63, 3.8) is 0 Å². The van der Waals surface area contributed by atoms with E-state index in [0.717, 1.165) is 0 Å². The SMILES string of the molecule is CC(CCC(=O)O)NC(=O)Cc1cc(F)ccc1Br. The fraction of sp³-hybridized carbons (Fsp3) is 0.385. The van der Waals surface area contributed by atoms with Crippen LogP contribution in [0.1, 0.15) is 25.3 Å². The zero-order chi connectivity index (χ0) is 14.4. The lowest BCUT2D eigenvalue weighted by atomic mass is 10.1. The van der Waals surface area contributed by atoms with Crippen LogP contribution >= 0.6 is 15.9 Å². The summed E-state index contributed by atoms with van der Waals surface area (Å²) in [7, 11) is 0. The quantitative estimate of drug-likeness (QED) is 0.841. The van der Waals surface area contributed by atoms with Crippen molar-refractivity contribution in [1.29, 1.82) is 0 Å². The van der Waals surface area contributed by atoms with Gasteiger partial charge in [0.15, 0.2) is 0 Å². The summed E-state index contributed by atoms with van der Waals surface area (Å²) < 4.78 is 13.7. The predicted molar refractivity (Wildman–Crippen MR) is 72.3 cm³/mol. The molecular formula is C13H15BrFNO3. The molecule has 1 amide bonds. The van der Waals surface area contributed by atoms with Gasteiger partial charge in [0.05, 0.1) is 6.42 Å². The van der Waals surface area contributed by atoms with Gasteiger partial charge in [0.25, 0.3) is 0 Å². The van der Waals surface area contributed by atoms with E-state index in [2.05, 4.69) is 21.2 Å². The molecule has 1 unspecified atom stereocenters. The minimum absolute atomic E-state index is 0.00507. The van der Waals surface area contributed by atoms with E-state index in [1.54, 1.807) is 13.0 Å². The van der Waals surface area contributed by atoms with Crippen molar-refractivity contribution in [2.24, 2.45) is 0 Å². The van der Waals surface area contributed by atoms with Crippen LogP contribution in [-0.4, -0.2) is 23.0 Å². The van der Waals surface area contributed by atoms with Crippen molar-refractivity contribution >= 4 is 27.8 Å². The van der Waals surface area contributed by atoms with Crippen LogP contribution in [0, 0.1) is 5.82 Å². The van der Waals surface area contributed by atoms with Gasteiger partial charge in [-0.05, 0) is 37.1 Å². The first-order valence-corrected chi connectivity index (χ1v) is 6.63. The molecule has 0 saturated carbocycles. The van der Waals surface area contributed by atoms with Crippen LogP contribution in [-0.2, 0) is 16.0 Å². The highest BCUT2D eigenvalue weighted by atomic mass is 79.9. The minimum atomic E-state index is -0.894. The molecular weight excluding hydrogens is 317 g/mol. The van der Waals surface area contributed by atoms with Crippen molar-refractivity contribution in [1.82, 2.24) is 5.32 Å². The summed E-state index contributed by atoms with van der Waals surface area (Å²) in [5.41, 5.74) is 0.558. The average molecular weight is 332 g/mol. The highest BCUT2D eigenvalue weighted by molar-refractivity contribution is 9.10. The number of amides is 1. The Balaban J connectivity index is 2.50. The lowest BCUT2D eigenvalue weighted by molar-refractivity contribution is -0.137. The number of halogens is 2. The molecule has 0 spiro atoms. The van der Waals surface area contributed by atoms with E-state index >= 15 is 0 Å².